The van der Waals surface area contributed by atoms with Gasteiger partial charge in [-0.2, -0.15) is 0 Å². The number of aliphatic hydroxyl groups is 1. The van der Waals surface area contributed by atoms with Crippen LogP contribution in [0.4, 0.5) is 0 Å². The van der Waals surface area contributed by atoms with Crippen molar-refractivity contribution in [1.82, 2.24) is 0 Å². The molecule has 0 fully saturated rings. The van der Waals surface area contributed by atoms with Crippen LogP contribution in [0.5, 0.6) is 23.0 Å². The van der Waals surface area contributed by atoms with Crippen molar-refractivity contribution in [2.24, 2.45) is 0 Å². The predicted molar refractivity (Wildman–Crippen MR) is 94.1 cm³/mol. The number of methoxy groups -OCH3 is 1. The molecular weight excluding hydrogens is 372 g/mol. The molecule has 28 heavy (non-hydrogen) atoms. The highest BCUT2D eigenvalue weighted by atomic mass is 16.6. The van der Waals surface area contributed by atoms with Crippen LogP contribution in [0.3, 0.4) is 0 Å². The van der Waals surface area contributed by atoms with E-state index in [9.17, 15) is 35.1 Å². The molecule has 0 aliphatic carbocycles. The Labute approximate surface area is 157 Å². The van der Waals surface area contributed by atoms with E-state index in [-0.39, 0.29) is 22.3 Å². The summed E-state index contributed by atoms with van der Waals surface area (Å²) >= 11 is 0. The summed E-state index contributed by atoms with van der Waals surface area (Å²) in [6, 6.07) is 6.79. The Morgan fingerprint density at radius 2 is 1.50 bits per heavy atom. The van der Waals surface area contributed by atoms with E-state index in [4.69, 9.17) is 4.74 Å². The highest BCUT2D eigenvalue weighted by Gasteiger charge is 2.36. The van der Waals surface area contributed by atoms with Crippen LogP contribution in [0.1, 0.15) is 11.1 Å². The Morgan fingerprint density at radius 1 is 0.893 bits per heavy atom. The molecule has 5 N–H and O–H groups in total. The van der Waals surface area contributed by atoms with Crippen molar-refractivity contribution in [2.75, 3.05) is 7.11 Å². The van der Waals surface area contributed by atoms with Gasteiger partial charge in [0.2, 0.25) is 0 Å². The summed E-state index contributed by atoms with van der Waals surface area (Å²) < 4.78 is 9.72. The van der Waals surface area contributed by atoms with Crippen LogP contribution in [0, 0.1) is 0 Å². The molecule has 0 aromatic heterocycles. The molecule has 2 aromatic carbocycles. The van der Waals surface area contributed by atoms with Gasteiger partial charge in [0.1, 0.15) is 11.1 Å². The monoisotopic (exact) mass is 386 g/mol. The minimum absolute atomic E-state index is 0.00584. The van der Waals surface area contributed by atoms with E-state index in [1.165, 1.54) is 12.1 Å². The standard InChI is InChI=1S/C19H14O9/c1-27-18(25)15(9-3-5-11(21)13(23)7-9)17-16(24)14(19(26)28-17)8-2-4-10(20)12(22)6-8/h2-7,20-24H,1H3/b17-15+. The number of ether oxygens (including phenoxy) is 2. The van der Waals surface area contributed by atoms with Gasteiger partial charge in [0.25, 0.3) is 0 Å². The molecule has 1 aliphatic rings. The number of cyclic esters (lactones) is 1. The van der Waals surface area contributed by atoms with Crippen molar-refractivity contribution in [2.45, 2.75) is 0 Å². The Hall–Kier alpha value is -4.14. The smallest absolute Gasteiger partial charge is 0.348 e. The number of benzene rings is 2. The molecule has 0 radical (unpaired) electrons. The van der Waals surface area contributed by atoms with Crippen LogP contribution < -0.4 is 0 Å². The van der Waals surface area contributed by atoms with Crippen molar-refractivity contribution in [3.63, 3.8) is 0 Å². The van der Waals surface area contributed by atoms with Gasteiger partial charge in [-0.15, -0.1) is 0 Å². The van der Waals surface area contributed by atoms with Gasteiger partial charge < -0.3 is 35.0 Å². The quantitative estimate of drug-likeness (QED) is 0.302. The predicted octanol–water partition coefficient (Wildman–Crippen LogP) is 1.92. The van der Waals surface area contributed by atoms with Crippen molar-refractivity contribution >= 4 is 23.1 Å². The molecular formula is C19H14O9. The first-order chi connectivity index (χ1) is 13.2. The number of rotatable bonds is 3. The van der Waals surface area contributed by atoms with Crippen LogP contribution in [0.15, 0.2) is 47.9 Å². The van der Waals surface area contributed by atoms with Gasteiger partial charge in [-0.3, -0.25) is 0 Å². The molecule has 0 saturated carbocycles. The van der Waals surface area contributed by atoms with E-state index >= 15 is 0 Å². The van der Waals surface area contributed by atoms with E-state index in [1.807, 2.05) is 0 Å². The van der Waals surface area contributed by atoms with Crippen molar-refractivity contribution in [1.29, 1.82) is 0 Å². The minimum atomic E-state index is -1.01. The molecule has 0 unspecified atom stereocenters. The molecule has 1 heterocycles. The molecule has 3 rings (SSSR count). The SMILES string of the molecule is COC(=O)/C(=C1/OC(=O)C(c2ccc(O)c(O)c2)=C1O)c1ccc(O)c(O)c1. The molecule has 0 saturated heterocycles. The van der Waals surface area contributed by atoms with Crippen molar-refractivity contribution < 1.29 is 44.6 Å². The maximum atomic E-state index is 12.3. The summed E-state index contributed by atoms with van der Waals surface area (Å²) in [6.45, 7) is 0. The summed E-state index contributed by atoms with van der Waals surface area (Å²) in [7, 11) is 1.07. The number of hydrogen-bond donors (Lipinski definition) is 5. The number of carbonyl (C=O) groups excluding carboxylic acids is 2. The average Bonchev–Trinajstić information content (AvgIpc) is 2.94. The maximum Gasteiger partial charge on any atom is 0.348 e. The zero-order chi connectivity index (χ0) is 20.6. The second kappa shape index (κ2) is 6.88. The third-order valence-electron chi connectivity index (χ3n) is 4.00. The first kappa shape index (κ1) is 18.6. The van der Waals surface area contributed by atoms with Crippen LogP contribution in [-0.4, -0.2) is 44.6 Å². The van der Waals surface area contributed by atoms with Crippen molar-refractivity contribution in [3.8, 4) is 23.0 Å². The zero-order valence-corrected chi connectivity index (χ0v) is 14.3. The summed E-state index contributed by atoms with van der Waals surface area (Å²) in [5.74, 6) is -5.17. The van der Waals surface area contributed by atoms with Crippen LogP contribution in [0.25, 0.3) is 11.1 Å². The third kappa shape index (κ3) is 3.05. The number of aliphatic hydroxyl groups excluding tert-OH is 1. The molecule has 2 aromatic rings. The molecule has 9 nitrogen and oxygen atoms in total. The third-order valence-corrected chi connectivity index (χ3v) is 4.00. The lowest BCUT2D eigenvalue weighted by molar-refractivity contribution is -0.134. The lowest BCUT2D eigenvalue weighted by atomic mass is 10.0. The molecule has 9 heteroatoms. The summed E-state index contributed by atoms with van der Waals surface area (Å²) in [5, 5.41) is 48.7. The van der Waals surface area contributed by atoms with Crippen molar-refractivity contribution in [3.05, 3.63) is 59.0 Å². The number of phenolic OH excluding ortho intramolecular Hbond substituents is 4. The molecule has 1 aliphatic heterocycles. The highest BCUT2D eigenvalue weighted by Crippen LogP contribution is 2.39. The Bertz CT molecular complexity index is 1060. The van der Waals surface area contributed by atoms with Crippen LogP contribution in [-0.2, 0) is 19.1 Å². The fourth-order valence-corrected chi connectivity index (χ4v) is 2.63. The summed E-state index contributed by atoms with van der Waals surface area (Å²) in [6.07, 6.45) is 0. The Balaban J connectivity index is 2.24. The number of esters is 2. The average molecular weight is 386 g/mol. The number of hydrogen-bond acceptors (Lipinski definition) is 9. The van der Waals surface area contributed by atoms with Gasteiger partial charge in [-0.25, -0.2) is 9.59 Å². The minimum Gasteiger partial charge on any atom is -0.504 e. The fourth-order valence-electron chi connectivity index (χ4n) is 2.63. The van der Waals surface area contributed by atoms with Gasteiger partial charge in [0.15, 0.2) is 34.5 Å². The molecule has 0 bridgehead atoms. The van der Waals surface area contributed by atoms with Gasteiger partial charge in [0.05, 0.1) is 7.11 Å². The maximum absolute atomic E-state index is 12.3. The normalized spacial score (nSPS) is 15.4. The highest BCUT2D eigenvalue weighted by molar-refractivity contribution is 6.25. The Kier molecular flexibility index (Phi) is 4.58. The number of phenols is 4. The van der Waals surface area contributed by atoms with E-state index in [1.54, 1.807) is 0 Å². The molecule has 144 valence electrons. The van der Waals surface area contributed by atoms with Gasteiger partial charge in [0, 0.05) is 0 Å². The second-order valence-electron chi connectivity index (χ2n) is 5.72. The number of aromatic hydroxyl groups is 4. The van der Waals surface area contributed by atoms with E-state index in [0.29, 0.717) is 0 Å². The summed E-state index contributed by atoms with van der Waals surface area (Å²) in [4.78, 5) is 24.6. The fraction of sp³-hybridized carbons (Fsp3) is 0.0526. The van der Waals surface area contributed by atoms with E-state index < -0.39 is 46.5 Å². The molecule has 0 amide bonds. The number of carbonyl (C=O) groups is 2. The van der Waals surface area contributed by atoms with Gasteiger partial charge in [-0.05, 0) is 35.4 Å². The lowest BCUT2D eigenvalue weighted by Crippen LogP contribution is -2.09. The topological polar surface area (TPSA) is 154 Å². The molecule has 0 atom stereocenters. The zero-order valence-electron chi connectivity index (χ0n) is 14.3. The first-order valence-corrected chi connectivity index (χ1v) is 7.77. The molecule has 0 spiro atoms. The van der Waals surface area contributed by atoms with Crippen LogP contribution in [0.2, 0.25) is 0 Å². The van der Waals surface area contributed by atoms with E-state index in [0.717, 1.165) is 31.4 Å². The van der Waals surface area contributed by atoms with Crippen LogP contribution >= 0.6 is 0 Å². The lowest BCUT2D eigenvalue weighted by Gasteiger charge is -2.10. The van der Waals surface area contributed by atoms with Gasteiger partial charge >= 0.3 is 11.9 Å². The first-order valence-electron chi connectivity index (χ1n) is 7.77. The largest absolute Gasteiger partial charge is 0.504 e. The summed E-state index contributed by atoms with van der Waals surface area (Å²) in [5.41, 5.74) is -0.687. The van der Waals surface area contributed by atoms with E-state index in [2.05, 4.69) is 4.74 Å². The Morgan fingerprint density at radius 3 is 2.07 bits per heavy atom. The van der Waals surface area contributed by atoms with Gasteiger partial charge in [-0.1, -0.05) is 12.1 Å². The second-order valence-corrected chi connectivity index (χ2v) is 5.72.